The molecule has 0 aliphatic heterocycles. The van der Waals surface area contributed by atoms with E-state index < -0.39 is 12.1 Å². The molecule has 456 valence electrons. The minimum absolute atomic E-state index is 0.0219. The molecule has 4 heteroatoms. The van der Waals surface area contributed by atoms with Crippen LogP contribution >= 0.6 is 0 Å². The third-order valence-corrected chi connectivity index (χ3v) is 16.9. The number of carbonyl (C=O) groups excluding carboxylic acids is 1. The average molecular weight is 1080 g/mol. The quantitative estimate of drug-likeness (QED) is 0.0420. The molecule has 0 rings (SSSR count). The van der Waals surface area contributed by atoms with Gasteiger partial charge in [-0.05, 0) is 51.4 Å². The zero-order valence-corrected chi connectivity index (χ0v) is 52.8. The number of amides is 1. The minimum atomic E-state index is -0.659. The monoisotopic (exact) mass is 1080 g/mol. The summed E-state index contributed by atoms with van der Waals surface area (Å²) in [5, 5.41) is 23.5. The van der Waals surface area contributed by atoms with Crippen molar-refractivity contribution >= 4 is 5.91 Å². The summed E-state index contributed by atoms with van der Waals surface area (Å²) in [6, 6.07) is -0.536. The Kier molecular flexibility index (Phi) is 67.6. The van der Waals surface area contributed by atoms with Crippen molar-refractivity contribution in [3.8, 4) is 0 Å². The van der Waals surface area contributed by atoms with Gasteiger partial charge in [0, 0.05) is 6.42 Å². The molecule has 0 aromatic rings. The van der Waals surface area contributed by atoms with Crippen LogP contribution < -0.4 is 5.32 Å². The second kappa shape index (κ2) is 68.9. The zero-order valence-electron chi connectivity index (χ0n) is 52.8. The molecule has 1 amide bonds. The van der Waals surface area contributed by atoms with Gasteiger partial charge in [0.1, 0.15) is 0 Å². The van der Waals surface area contributed by atoms with E-state index in [1.807, 2.05) is 0 Å². The van der Waals surface area contributed by atoms with Crippen LogP contribution in [0.25, 0.3) is 0 Å². The van der Waals surface area contributed by atoms with E-state index in [1.54, 1.807) is 0 Å². The predicted molar refractivity (Wildman–Crippen MR) is 345 cm³/mol. The van der Waals surface area contributed by atoms with Gasteiger partial charge < -0.3 is 15.5 Å². The fourth-order valence-corrected chi connectivity index (χ4v) is 11.5. The molecule has 0 aromatic heterocycles. The molecule has 0 radical (unpaired) electrons. The Labute approximate surface area is 484 Å². The van der Waals surface area contributed by atoms with Crippen molar-refractivity contribution in [3.05, 3.63) is 36.5 Å². The highest BCUT2D eigenvalue weighted by molar-refractivity contribution is 5.76. The third kappa shape index (κ3) is 65.3. The molecule has 0 spiro atoms. The van der Waals surface area contributed by atoms with Crippen molar-refractivity contribution in [3.63, 3.8) is 0 Å². The van der Waals surface area contributed by atoms with Gasteiger partial charge in [-0.2, -0.15) is 0 Å². The van der Waals surface area contributed by atoms with Crippen LogP contribution in [0.4, 0.5) is 0 Å². The van der Waals surface area contributed by atoms with E-state index in [9.17, 15) is 15.0 Å². The highest BCUT2D eigenvalue weighted by atomic mass is 16.3. The van der Waals surface area contributed by atoms with Gasteiger partial charge in [0.15, 0.2) is 0 Å². The SMILES string of the molecule is CCCCCCC/C=C\C/C=C\C/C=C\CCCCCCCCCCCCCCCCCCCCCCCCCCC(=O)NC(CO)C(O)CCCCCCCCCCCCCCCCCCCCCCCCCCCC. The number of allylic oxidation sites excluding steroid dienone is 6. The molecular formula is C73H141NO3. The fourth-order valence-electron chi connectivity index (χ4n) is 11.5. The summed E-state index contributed by atoms with van der Waals surface area (Å²) in [5.74, 6) is -0.0219. The molecule has 0 saturated heterocycles. The Balaban J connectivity index is 3.38. The first-order valence-electron chi connectivity index (χ1n) is 35.7. The molecule has 0 aliphatic rings. The maximum atomic E-state index is 12.6. The Hall–Kier alpha value is -1.39. The normalized spacial score (nSPS) is 12.8. The van der Waals surface area contributed by atoms with Crippen LogP contribution in [0.1, 0.15) is 406 Å². The summed E-state index contributed by atoms with van der Waals surface area (Å²) < 4.78 is 0. The van der Waals surface area contributed by atoms with E-state index in [0.717, 1.165) is 38.5 Å². The lowest BCUT2D eigenvalue weighted by Gasteiger charge is -2.22. The molecule has 2 atom stereocenters. The maximum absolute atomic E-state index is 12.6. The van der Waals surface area contributed by atoms with Crippen LogP contribution in [0.15, 0.2) is 36.5 Å². The van der Waals surface area contributed by atoms with Crippen LogP contribution in [0.3, 0.4) is 0 Å². The first-order chi connectivity index (χ1) is 38.2. The molecule has 0 heterocycles. The van der Waals surface area contributed by atoms with Gasteiger partial charge >= 0.3 is 0 Å². The first kappa shape index (κ1) is 75.6. The Morgan fingerprint density at radius 2 is 0.532 bits per heavy atom. The second-order valence-electron chi connectivity index (χ2n) is 24.7. The van der Waals surface area contributed by atoms with Gasteiger partial charge in [-0.15, -0.1) is 0 Å². The number of rotatable bonds is 67. The minimum Gasteiger partial charge on any atom is -0.394 e. The van der Waals surface area contributed by atoms with Crippen molar-refractivity contribution in [1.29, 1.82) is 0 Å². The summed E-state index contributed by atoms with van der Waals surface area (Å²) >= 11 is 0. The van der Waals surface area contributed by atoms with Gasteiger partial charge in [0.25, 0.3) is 0 Å². The molecule has 0 saturated carbocycles. The number of hydrogen-bond acceptors (Lipinski definition) is 3. The highest BCUT2D eigenvalue weighted by Gasteiger charge is 2.20. The third-order valence-electron chi connectivity index (χ3n) is 16.9. The van der Waals surface area contributed by atoms with Crippen LogP contribution in [0, 0.1) is 0 Å². The standard InChI is InChI=1S/C73H141NO3/c1-3-5-7-9-11-13-15-17-19-21-23-25-27-29-31-32-33-34-35-36-37-38-39-40-41-42-43-45-47-49-51-53-55-57-59-61-63-65-67-69-73(77)74-71(70-75)72(76)68-66-64-62-60-58-56-54-52-50-48-46-44-30-28-26-24-22-20-18-16-14-12-10-8-6-4-2/h15,17,21,23,27,29,71-72,75-76H,3-14,16,18-20,22,24-26,28,30-70H2,1-2H3,(H,74,77)/b17-15-,23-21-,29-27-. The van der Waals surface area contributed by atoms with Crippen molar-refractivity contribution in [1.82, 2.24) is 5.32 Å². The van der Waals surface area contributed by atoms with Crippen molar-refractivity contribution in [2.75, 3.05) is 6.61 Å². The van der Waals surface area contributed by atoms with E-state index in [-0.39, 0.29) is 12.5 Å². The van der Waals surface area contributed by atoms with E-state index in [4.69, 9.17) is 0 Å². The largest absolute Gasteiger partial charge is 0.394 e. The van der Waals surface area contributed by atoms with Crippen LogP contribution in [-0.4, -0.2) is 34.9 Å². The van der Waals surface area contributed by atoms with Gasteiger partial charge in [-0.3, -0.25) is 4.79 Å². The van der Waals surface area contributed by atoms with Gasteiger partial charge in [0.05, 0.1) is 18.8 Å². The van der Waals surface area contributed by atoms with Gasteiger partial charge in [0.2, 0.25) is 5.91 Å². The number of aliphatic hydroxyl groups excluding tert-OH is 2. The topological polar surface area (TPSA) is 69.6 Å². The second-order valence-corrected chi connectivity index (χ2v) is 24.7. The summed E-state index contributed by atoms with van der Waals surface area (Å²) in [7, 11) is 0. The van der Waals surface area contributed by atoms with Crippen molar-refractivity contribution < 1.29 is 15.0 Å². The summed E-state index contributed by atoms with van der Waals surface area (Å²) in [6.45, 7) is 4.39. The zero-order chi connectivity index (χ0) is 55.5. The molecule has 0 aliphatic carbocycles. The lowest BCUT2D eigenvalue weighted by atomic mass is 10.0. The summed E-state index contributed by atoms with van der Waals surface area (Å²) in [5.41, 5.74) is 0. The summed E-state index contributed by atoms with van der Waals surface area (Å²) in [4.78, 5) is 12.6. The van der Waals surface area contributed by atoms with E-state index in [0.29, 0.717) is 12.8 Å². The molecule has 0 aromatic carbocycles. The molecule has 0 bridgehead atoms. The number of unbranched alkanes of at least 4 members (excludes halogenated alkanes) is 54. The molecule has 4 nitrogen and oxygen atoms in total. The van der Waals surface area contributed by atoms with Crippen molar-refractivity contribution in [2.45, 2.75) is 418 Å². The van der Waals surface area contributed by atoms with E-state index >= 15 is 0 Å². The van der Waals surface area contributed by atoms with E-state index in [1.165, 1.54) is 340 Å². The molecule has 0 fully saturated rings. The lowest BCUT2D eigenvalue weighted by molar-refractivity contribution is -0.123. The average Bonchev–Trinajstić information content (AvgIpc) is 3.43. The molecule has 77 heavy (non-hydrogen) atoms. The van der Waals surface area contributed by atoms with Gasteiger partial charge in [-0.25, -0.2) is 0 Å². The molecule has 2 unspecified atom stereocenters. The smallest absolute Gasteiger partial charge is 0.220 e. The van der Waals surface area contributed by atoms with Gasteiger partial charge in [-0.1, -0.05) is 384 Å². The fraction of sp³-hybridized carbons (Fsp3) is 0.904. The number of hydrogen-bond donors (Lipinski definition) is 3. The Morgan fingerprint density at radius 1 is 0.312 bits per heavy atom. The summed E-state index contributed by atoms with van der Waals surface area (Å²) in [6.07, 6.45) is 95.0. The van der Waals surface area contributed by atoms with Crippen LogP contribution in [0.2, 0.25) is 0 Å². The van der Waals surface area contributed by atoms with Crippen LogP contribution in [0.5, 0.6) is 0 Å². The lowest BCUT2D eigenvalue weighted by Crippen LogP contribution is -2.45. The van der Waals surface area contributed by atoms with Crippen LogP contribution in [-0.2, 0) is 4.79 Å². The Bertz CT molecular complexity index is 1180. The molecule has 3 N–H and O–H groups in total. The van der Waals surface area contributed by atoms with Crippen molar-refractivity contribution in [2.24, 2.45) is 0 Å². The van der Waals surface area contributed by atoms with E-state index in [2.05, 4.69) is 55.6 Å². The maximum Gasteiger partial charge on any atom is 0.220 e. The highest BCUT2D eigenvalue weighted by Crippen LogP contribution is 2.19. The number of carbonyl (C=O) groups is 1. The molecular weight excluding hydrogens is 939 g/mol. The number of nitrogens with one attached hydrogen (secondary N) is 1. The Morgan fingerprint density at radius 3 is 0.792 bits per heavy atom. The predicted octanol–water partition coefficient (Wildman–Crippen LogP) is 24.3. The first-order valence-corrected chi connectivity index (χ1v) is 35.7. The number of aliphatic hydroxyl groups is 2.